The van der Waals surface area contributed by atoms with Gasteiger partial charge in [0, 0.05) is 23.9 Å². The zero-order valence-corrected chi connectivity index (χ0v) is 12.0. The molecule has 1 aromatic heterocycles. The smallest absolute Gasteiger partial charge is 0.282 e. The Kier molecular flexibility index (Phi) is 4.02. The molecule has 0 saturated carbocycles. The van der Waals surface area contributed by atoms with Crippen LogP contribution in [0.3, 0.4) is 0 Å². The van der Waals surface area contributed by atoms with Gasteiger partial charge in [0.2, 0.25) is 0 Å². The molecule has 0 radical (unpaired) electrons. The average molecular weight is 288 g/mol. The topological polar surface area (TPSA) is 90.1 Å². The number of hydrogen-bond acceptors (Lipinski definition) is 4. The number of carbonyl (C=O) groups excluding carboxylic acids is 1. The van der Waals surface area contributed by atoms with Crippen LogP contribution in [0, 0.1) is 17.0 Å². The van der Waals surface area contributed by atoms with Crippen LogP contribution in [-0.2, 0) is 0 Å². The van der Waals surface area contributed by atoms with Crippen LogP contribution in [0.15, 0.2) is 30.3 Å². The van der Waals surface area contributed by atoms with Crippen molar-refractivity contribution < 1.29 is 9.72 Å². The molecule has 7 nitrogen and oxygen atoms in total. The summed E-state index contributed by atoms with van der Waals surface area (Å²) in [5.74, 6) is -0.167. The van der Waals surface area contributed by atoms with Gasteiger partial charge in [0.1, 0.15) is 5.56 Å². The van der Waals surface area contributed by atoms with Gasteiger partial charge in [-0.05, 0) is 26.8 Å². The number of hydrogen-bond donors (Lipinski definition) is 1. The normalized spacial score (nSPS) is 10.7. The fraction of sp³-hybridized carbons (Fsp3) is 0.286. The van der Waals surface area contributed by atoms with Crippen LogP contribution in [0.5, 0.6) is 0 Å². The Hall–Kier alpha value is -2.70. The molecule has 110 valence electrons. The second-order valence-electron chi connectivity index (χ2n) is 4.94. The summed E-state index contributed by atoms with van der Waals surface area (Å²) in [5, 5.41) is 17.8. The Bertz CT molecular complexity index is 691. The van der Waals surface area contributed by atoms with Gasteiger partial charge in [-0.25, -0.2) is 0 Å². The number of para-hydroxylation sites is 1. The van der Waals surface area contributed by atoms with Crippen molar-refractivity contribution in [1.82, 2.24) is 9.78 Å². The van der Waals surface area contributed by atoms with E-state index in [0.29, 0.717) is 5.82 Å². The van der Waals surface area contributed by atoms with Crippen molar-refractivity contribution in [3.63, 3.8) is 0 Å². The number of carbonyl (C=O) groups is 1. The van der Waals surface area contributed by atoms with Crippen LogP contribution in [0.4, 0.5) is 11.5 Å². The van der Waals surface area contributed by atoms with Crippen LogP contribution < -0.4 is 5.32 Å². The molecule has 0 aliphatic rings. The first-order valence-electron chi connectivity index (χ1n) is 6.51. The number of aromatic nitrogens is 2. The van der Waals surface area contributed by atoms with Crippen molar-refractivity contribution in [3.05, 3.63) is 51.7 Å². The SMILES string of the molecule is Cc1cc(NC(=O)c2ccccc2[N+](=O)[O-])nn1C(C)C. The minimum Gasteiger partial charge on any atom is -0.305 e. The number of nitro benzene ring substituents is 1. The molecule has 7 heteroatoms. The summed E-state index contributed by atoms with van der Waals surface area (Å²) in [7, 11) is 0. The second kappa shape index (κ2) is 5.74. The van der Waals surface area contributed by atoms with Crippen LogP contribution in [0.2, 0.25) is 0 Å². The first-order valence-corrected chi connectivity index (χ1v) is 6.51. The van der Waals surface area contributed by atoms with E-state index in [9.17, 15) is 14.9 Å². The summed E-state index contributed by atoms with van der Waals surface area (Å²) < 4.78 is 1.77. The third-order valence-corrected chi connectivity index (χ3v) is 3.00. The number of benzene rings is 1. The lowest BCUT2D eigenvalue weighted by molar-refractivity contribution is -0.385. The Balaban J connectivity index is 2.27. The van der Waals surface area contributed by atoms with E-state index in [1.165, 1.54) is 18.2 Å². The maximum absolute atomic E-state index is 12.2. The highest BCUT2D eigenvalue weighted by atomic mass is 16.6. The van der Waals surface area contributed by atoms with Gasteiger partial charge in [-0.2, -0.15) is 5.10 Å². The molecule has 0 saturated heterocycles. The lowest BCUT2D eigenvalue weighted by atomic mass is 10.1. The number of anilines is 1. The van der Waals surface area contributed by atoms with E-state index in [0.717, 1.165) is 5.69 Å². The van der Waals surface area contributed by atoms with Gasteiger partial charge in [-0.1, -0.05) is 12.1 Å². The van der Waals surface area contributed by atoms with E-state index in [2.05, 4.69) is 10.4 Å². The largest absolute Gasteiger partial charge is 0.305 e. The summed E-state index contributed by atoms with van der Waals surface area (Å²) in [4.78, 5) is 22.5. The van der Waals surface area contributed by atoms with E-state index in [-0.39, 0.29) is 17.3 Å². The quantitative estimate of drug-likeness (QED) is 0.691. The molecule has 0 spiro atoms. The maximum atomic E-state index is 12.2. The molecule has 0 unspecified atom stereocenters. The molecule has 1 heterocycles. The molecule has 0 aliphatic carbocycles. The summed E-state index contributed by atoms with van der Waals surface area (Å²) in [6.45, 7) is 5.84. The number of nitro groups is 1. The Morgan fingerprint density at radius 1 is 1.38 bits per heavy atom. The van der Waals surface area contributed by atoms with Crippen molar-refractivity contribution in [2.45, 2.75) is 26.8 Å². The molecule has 1 amide bonds. The van der Waals surface area contributed by atoms with E-state index in [4.69, 9.17) is 0 Å². The van der Waals surface area contributed by atoms with E-state index >= 15 is 0 Å². The molecule has 1 N–H and O–H groups in total. The third-order valence-electron chi connectivity index (χ3n) is 3.00. The van der Waals surface area contributed by atoms with Crippen LogP contribution in [-0.4, -0.2) is 20.6 Å². The molecule has 2 aromatic rings. The second-order valence-corrected chi connectivity index (χ2v) is 4.94. The van der Waals surface area contributed by atoms with Gasteiger partial charge >= 0.3 is 0 Å². The highest BCUT2D eigenvalue weighted by Crippen LogP contribution is 2.20. The standard InChI is InChI=1S/C14H16N4O3/c1-9(2)17-10(3)8-13(16-17)15-14(19)11-6-4-5-7-12(11)18(20)21/h4-9H,1-3H3,(H,15,16,19). The van der Waals surface area contributed by atoms with E-state index in [1.807, 2.05) is 20.8 Å². The maximum Gasteiger partial charge on any atom is 0.282 e. The zero-order chi connectivity index (χ0) is 15.6. The lowest BCUT2D eigenvalue weighted by Gasteiger charge is -2.07. The molecule has 2 rings (SSSR count). The van der Waals surface area contributed by atoms with Gasteiger partial charge in [0.05, 0.1) is 4.92 Å². The minimum absolute atomic E-state index is 0.0132. The third kappa shape index (κ3) is 3.07. The minimum atomic E-state index is -0.577. The number of nitrogens with one attached hydrogen (secondary N) is 1. The zero-order valence-electron chi connectivity index (χ0n) is 12.0. The first kappa shape index (κ1) is 14.7. The van der Waals surface area contributed by atoms with E-state index < -0.39 is 10.8 Å². The molecule has 1 aromatic carbocycles. The first-order chi connectivity index (χ1) is 9.90. The summed E-state index contributed by atoms with van der Waals surface area (Å²) in [6, 6.07) is 7.72. The Labute approximate surface area is 121 Å². The molecule has 0 atom stereocenters. The van der Waals surface area contributed by atoms with Crippen molar-refractivity contribution in [3.8, 4) is 0 Å². The van der Waals surface area contributed by atoms with Gasteiger partial charge < -0.3 is 5.32 Å². The molecule has 21 heavy (non-hydrogen) atoms. The van der Waals surface area contributed by atoms with Crippen LogP contribution >= 0.6 is 0 Å². The lowest BCUT2D eigenvalue weighted by Crippen LogP contribution is -2.14. The summed E-state index contributed by atoms with van der Waals surface area (Å²) in [6.07, 6.45) is 0. The van der Waals surface area contributed by atoms with Crippen LogP contribution in [0.25, 0.3) is 0 Å². The molecular formula is C14H16N4O3. The van der Waals surface area contributed by atoms with Gasteiger partial charge in [-0.15, -0.1) is 0 Å². The number of nitrogens with zero attached hydrogens (tertiary/aromatic N) is 3. The molecule has 0 bridgehead atoms. The summed E-state index contributed by atoms with van der Waals surface area (Å²) in [5.41, 5.74) is 0.692. The van der Waals surface area contributed by atoms with E-state index in [1.54, 1.807) is 16.8 Å². The molecule has 0 fully saturated rings. The summed E-state index contributed by atoms with van der Waals surface area (Å²) >= 11 is 0. The monoisotopic (exact) mass is 288 g/mol. The predicted octanol–water partition coefficient (Wildman–Crippen LogP) is 2.93. The predicted molar refractivity (Wildman–Crippen MR) is 78.4 cm³/mol. The fourth-order valence-corrected chi connectivity index (χ4v) is 2.08. The Morgan fingerprint density at radius 3 is 2.62 bits per heavy atom. The highest BCUT2D eigenvalue weighted by molar-refractivity contribution is 6.06. The van der Waals surface area contributed by atoms with Crippen molar-refractivity contribution >= 4 is 17.4 Å². The van der Waals surface area contributed by atoms with Gasteiger partial charge in [0.15, 0.2) is 5.82 Å². The number of aryl methyl sites for hydroxylation is 1. The van der Waals surface area contributed by atoms with Crippen molar-refractivity contribution in [2.75, 3.05) is 5.32 Å². The fourth-order valence-electron chi connectivity index (χ4n) is 2.08. The Morgan fingerprint density at radius 2 is 2.05 bits per heavy atom. The van der Waals surface area contributed by atoms with Gasteiger partial charge in [-0.3, -0.25) is 19.6 Å². The number of rotatable bonds is 4. The van der Waals surface area contributed by atoms with Crippen molar-refractivity contribution in [2.24, 2.45) is 0 Å². The van der Waals surface area contributed by atoms with Gasteiger partial charge in [0.25, 0.3) is 11.6 Å². The molecular weight excluding hydrogens is 272 g/mol. The van der Waals surface area contributed by atoms with Crippen molar-refractivity contribution in [1.29, 1.82) is 0 Å². The highest BCUT2D eigenvalue weighted by Gasteiger charge is 2.20. The van der Waals surface area contributed by atoms with Crippen LogP contribution in [0.1, 0.15) is 35.9 Å². The molecule has 0 aliphatic heterocycles. The average Bonchev–Trinajstić information content (AvgIpc) is 2.79. The number of amides is 1.